The second kappa shape index (κ2) is 8.15. The molecule has 1 aliphatic heterocycles. The van der Waals surface area contributed by atoms with Crippen LogP contribution in [0.5, 0.6) is 0 Å². The van der Waals surface area contributed by atoms with Gasteiger partial charge in [-0.05, 0) is 43.7 Å². The largest absolute Gasteiger partial charge is 0.389 e. The fourth-order valence-electron chi connectivity index (χ4n) is 4.98. The highest BCUT2D eigenvalue weighted by Crippen LogP contribution is 2.57. The van der Waals surface area contributed by atoms with Gasteiger partial charge in [0.15, 0.2) is 11.5 Å². The first kappa shape index (κ1) is 23.2. The van der Waals surface area contributed by atoms with Crippen molar-refractivity contribution in [3.05, 3.63) is 53.6 Å². The number of alkyl halides is 3. The van der Waals surface area contributed by atoms with Crippen LogP contribution in [0.4, 0.5) is 29.2 Å². The van der Waals surface area contributed by atoms with Gasteiger partial charge in [-0.15, -0.1) is 0 Å². The Kier molecular flexibility index (Phi) is 5.10. The summed E-state index contributed by atoms with van der Waals surface area (Å²) in [6.07, 6.45) is -0.117. The van der Waals surface area contributed by atoms with Gasteiger partial charge in [-0.1, -0.05) is 0 Å². The van der Waals surface area contributed by atoms with Gasteiger partial charge in [0.05, 0.1) is 29.3 Å². The number of carbonyl (C=O) groups excluding carboxylic acids is 1. The third-order valence-electron chi connectivity index (χ3n) is 6.68. The normalized spacial score (nSPS) is 19.3. The second-order valence-corrected chi connectivity index (χ2v) is 9.12. The maximum absolute atomic E-state index is 13.6. The molecule has 1 unspecified atom stereocenters. The molecule has 1 aliphatic carbocycles. The molecule has 6 rings (SSSR count). The van der Waals surface area contributed by atoms with Crippen LogP contribution >= 0.6 is 0 Å². The molecule has 4 aromatic rings. The van der Waals surface area contributed by atoms with E-state index in [4.69, 9.17) is 5.73 Å². The lowest BCUT2D eigenvalue weighted by atomic mass is 9.74. The zero-order valence-electron chi connectivity index (χ0n) is 19.1. The van der Waals surface area contributed by atoms with Gasteiger partial charge in [-0.25, -0.2) is 28.8 Å². The van der Waals surface area contributed by atoms with E-state index in [0.29, 0.717) is 22.6 Å². The maximum atomic E-state index is 13.6. The van der Waals surface area contributed by atoms with Crippen molar-refractivity contribution in [2.45, 2.75) is 43.7 Å². The van der Waals surface area contributed by atoms with Crippen molar-refractivity contribution in [2.75, 3.05) is 11.1 Å². The molecule has 2 aliphatic rings. The number of nitrogens with zero attached hydrogens (tertiary/aromatic N) is 7. The lowest BCUT2D eigenvalue weighted by molar-refractivity contribution is -0.135. The Morgan fingerprint density at radius 3 is 2.68 bits per heavy atom. The van der Waals surface area contributed by atoms with Crippen LogP contribution in [-0.4, -0.2) is 46.6 Å². The smallest absolute Gasteiger partial charge is 0.383 e. The maximum Gasteiger partial charge on any atom is 0.389 e. The average molecular weight is 513 g/mol. The molecular weight excluding hydrogens is 494 g/mol. The number of amides is 1. The first-order valence-corrected chi connectivity index (χ1v) is 11.5. The van der Waals surface area contributed by atoms with Crippen molar-refractivity contribution < 1.29 is 22.4 Å². The summed E-state index contributed by atoms with van der Waals surface area (Å²) in [5.41, 5.74) is 6.70. The molecule has 1 atom stereocenters. The number of pyridine rings is 1. The summed E-state index contributed by atoms with van der Waals surface area (Å²) in [6.45, 7) is 0. The Bertz CT molecular complexity index is 1530. The molecule has 10 nitrogen and oxygen atoms in total. The van der Waals surface area contributed by atoms with Gasteiger partial charge in [-0.3, -0.25) is 9.78 Å². The number of hydrogen-bond donors (Lipinski definition) is 2. The number of rotatable bonds is 6. The minimum Gasteiger partial charge on any atom is -0.383 e. The zero-order valence-corrected chi connectivity index (χ0v) is 19.1. The number of anilines is 2. The Hall–Kier alpha value is -4.23. The van der Waals surface area contributed by atoms with Crippen LogP contribution in [0.2, 0.25) is 0 Å². The molecule has 3 N–H and O–H groups in total. The number of fused-ring (bicyclic) bond motifs is 2. The summed E-state index contributed by atoms with van der Waals surface area (Å²) < 4.78 is 53.0. The molecule has 5 heterocycles. The van der Waals surface area contributed by atoms with Crippen molar-refractivity contribution in [1.29, 1.82) is 0 Å². The Morgan fingerprint density at radius 2 is 1.97 bits per heavy atom. The predicted molar refractivity (Wildman–Crippen MR) is 122 cm³/mol. The minimum atomic E-state index is -4.29. The molecule has 37 heavy (non-hydrogen) atoms. The molecule has 190 valence electrons. The van der Waals surface area contributed by atoms with Gasteiger partial charge >= 0.3 is 6.18 Å². The molecule has 0 spiro atoms. The van der Waals surface area contributed by atoms with E-state index in [1.54, 1.807) is 0 Å². The summed E-state index contributed by atoms with van der Waals surface area (Å²) >= 11 is 0. The van der Waals surface area contributed by atoms with Crippen molar-refractivity contribution >= 4 is 23.2 Å². The van der Waals surface area contributed by atoms with Gasteiger partial charge in [0, 0.05) is 6.42 Å². The third-order valence-corrected chi connectivity index (χ3v) is 6.68. The Morgan fingerprint density at radius 1 is 1.16 bits per heavy atom. The molecule has 1 amide bonds. The van der Waals surface area contributed by atoms with Crippen LogP contribution in [0.3, 0.4) is 0 Å². The van der Waals surface area contributed by atoms with Gasteiger partial charge in [0.2, 0.25) is 5.91 Å². The number of aromatic nitrogens is 7. The molecule has 14 heteroatoms. The number of nitrogens with two attached hydrogens (primary N) is 1. The molecular formula is C23H19F4N9O. The summed E-state index contributed by atoms with van der Waals surface area (Å²) in [7, 11) is 0. The summed E-state index contributed by atoms with van der Waals surface area (Å²) in [5.74, 6) is -0.749. The molecule has 0 radical (unpaired) electrons. The monoisotopic (exact) mass is 513 g/mol. The molecule has 0 bridgehead atoms. The van der Waals surface area contributed by atoms with Crippen LogP contribution in [0.15, 0.2) is 30.9 Å². The molecule has 4 aromatic heterocycles. The van der Waals surface area contributed by atoms with Crippen LogP contribution < -0.4 is 11.1 Å². The lowest BCUT2D eigenvalue weighted by Gasteiger charge is -2.27. The van der Waals surface area contributed by atoms with E-state index in [1.165, 1.54) is 29.2 Å². The van der Waals surface area contributed by atoms with Crippen molar-refractivity contribution in [1.82, 2.24) is 34.5 Å². The van der Waals surface area contributed by atoms with Gasteiger partial charge in [-0.2, -0.15) is 18.3 Å². The Labute approximate surface area is 206 Å². The van der Waals surface area contributed by atoms with Crippen LogP contribution in [0.25, 0.3) is 17.2 Å². The van der Waals surface area contributed by atoms with Gasteiger partial charge in [0.1, 0.15) is 34.9 Å². The first-order valence-electron chi connectivity index (χ1n) is 11.5. The number of carbonyl (C=O) groups is 1. The number of hydrogen-bond acceptors (Lipinski definition) is 8. The predicted octanol–water partition coefficient (Wildman–Crippen LogP) is 3.23. The molecule has 0 aromatic carbocycles. The number of nitrogens with one attached hydrogen (secondary N) is 1. The molecule has 1 saturated carbocycles. The minimum absolute atomic E-state index is 0.00767. The quantitative estimate of drug-likeness (QED) is 0.375. The number of nitrogen functional groups attached to an aromatic ring is 1. The fourth-order valence-corrected chi connectivity index (χ4v) is 4.98. The third kappa shape index (κ3) is 3.83. The van der Waals surface area contributed by atoms with Crippen molar-refractivity contribution in [3.63, 3.8) is 0 Å². The highest BCUT2D eigenvalue weighted by Gasteiger charge is 2.60. The van der Waals surface area contributed by atoms with E-state index >= 15 is 0 Å². The zero-order chi connectivity index (χ0) is 25.9. The summed E-state index contributed by atoms with van der Waals surface area (Å²) in [5, 5.41) is 6.86. The van der Waals surface area contributed by atoms with E-state index in [-0.39, 0.29) is 47.8 Å². The topological polar surface area (TPSA) is 137 Å². The average Bonchev–Trinajstić information content (AvgIpc) is 3.49. The van der Waals surface area contributed by atoms with Crippen molar-refractivity contribution in [2.24, 2.45) is 5.92 Å². The second-order valence-electron chi connectivity index (χ2n) is 9.12. The first-order chi connectivity index (χ1) is 17.7. The van der Waals surface area contributed by atoms with E-state index < -0.39 is 23.8 Å². The van der Waals surface area contributed by atoms with E-state index in [9.17, 15) is 22.4 Å². The standard InChI is InChI=1S/C23H19F4N9O/c24-12-5-6-15(29-8-12)23(11-3-4-11)16-17(28)33-18(34-19(16)35-21(23)37)14-9-36-20(30-10-31-36)13(32-14)2-1-7-22(25,26)27/h5-6,8-11H,1-4,7H2,(H3,28,33,34,35,37). The van der Waals surface area contributed by atoms with Crippen LogP contribution in [0, 0.1) is 11.7 Å². The highest BCUT2D eigenvalue weighted by atomic mass is 19.4. The van der Waals surface area contributed by atoms with E-state index in [0.717, 1.165) is 19.0 Å². The van der Waals surface area contributed by atoms with Crippen LogP contribution in [-0.2, 0) is 16.6 Å². The van der Waals surface area contributed by atoms with Gasteiger partial charge in [0.25, 0.3) is 0 Å². The summed E-state index contributed by atoms with van der Waals surface area (Å²) in [4.78, 5) is 35.1. The van der Waals surface area contributed by atoms with Gasteiger partial charge < -0.3 is 11.1 Å². The lowest BCUT2D eigenvalue weighted by Crippen LogP contribution is -2.39. The van der Waals surface area contributed by atoms with Crippen LogP contribution in [0.1, 0.15) is 42.6 Å². The number of aryl methyl sites for hydroxylation is 1. The SMILES string of the molecule is Nc1nc(-c2cn3ncnc3c(CCCC(F)(F)F)n2)nc2c1C(c1ccc(F)cn1)(C1CC1)C(=O)N2. The van der Waals surface area contributed by atoms with E-state index in [1.807, 2.05) is 0 Å². The molecule has 1 fully saturated rings. The number of halogens is 4. The Balaban J connectivity index is 1.43. The highest BCUT2D eigenvalue weighted by molar-refractivity contribution is 6.09. The summed E-state index contributed by atoms with van der Waals surface area (Å²) in [6, 6.07) is 2.70. The van der Waals surface area contributed by atoms with Crippen molar-refractivity contribution in [3.8, 4) is 11.5 Å². The van der Waals surface area contributed by atoms with E-state index in [2.05, 4.69) is 35.3 Å². The fraction of sp³-hybridized carbons (Fsp3) is 0.348. The molecule has 0 saturated heterocycles.